The average molecular weight is 377 g/mol. The Bertz CT molecular complexity index is 836. The molecule has 2 aromatic carbocycles. The Hall–Kier alpha value is -2.80. The van der Waals surface area contributed by atoms with Crippen molar-refractivity contribution < 1.29 is 14.3 Å². The molecule has 0 aromatic heterocycles. The van der Waals surface area contributed by atoms with E-state index in [-0.39, 0.29) is 0 Å². The zero-order valence-corrected chi connectivity index (χ0v) is 16.6. The van der Waals surface area contributed by atoms with Gasteiger partial charge in [0.05, 0.1) is 12.7 Å². The van der Waals surface area contributed by atoms with Crippen LogP contribution in [0.4, 0.5) is 0 Å². The molecule has 0 saturated heterocycles. The number of hydrogen-bond donors (Lipinski definition) is 0. The first-order valence-electron chi connectivity index (χ1n) is 10.1. The fourth-order valence-corrected chi connectivity index (χ4v) is 3.90. The van der Waals surface area contributed by atoms with E-state index in [9.17, 15) is 10.1 Å². The second kappa shape index (κ2) is 8.93. The normalized spacial score (nSPS) is 21.5. The van der Waals surface area contributed by atoms with E-state index < -0.39 is 11.4 Å². The van der Waals surface area contributed by atoms with Gasteiger partial charge in [-0.05, 0) is 61.1 Å². The molecule has 0 aliphatic heterocycles. The number of esters is 1. The molecule has 2 unspecified atom stereocenters. The smallest absolute Gasteiger partial charge is 0.331 e. The van der Waals surface area contributed by atoms with Crippen molar-refractivity contribution in [3.63, 3.8) is 0 Å². The van der Waals surface area contributed by atoms with Gasteiger partial charge in [-0.15, -0.1) is 0 Å². The first-order valence-corrected chi connectivity index (χ1v) is 10.1. The topological polar surface area (TPSA) is 59.3 Å². The fraction of sp³-hybridized carbons (Fsp3) is 0.417. The van der Waals surface area contributed by atoms with Crippen LogP contribution in [0.15, 0.2) is 48.5 Å². The van der Waals surface area contributed by atoms with Gasteiger partial charge >= 0.3 is 5.97 Å². The second-order valence-corrected chi connectivity index (χ2v) is 7.44. The first kappa shape index (κ1) is 19.9. The second-order valence-electron chi connectivity index (χ2n) is 7.44. The molecule has 1 aliphatic rings. The Morgan fingerprint density at radius 1 is 1.07 bits per heavy atom. The monoisotopic (exact) mass is 377 g/mol. The van der Waals surface area contributed by atoms with Crippen LogP contribution in [0.3, 0.4) is 0 Å². The lowest BCUT2D eigenvalue weighted by atomic mass is 9.70. The Balaban J connectivity index is 1.69. The summed E-state index contributed by atoms with van der Waals surface area (Å²) in [5.41, 5.74) is 1.08. The number of rotatable bonds is 6. The molecule has 146 valence electrons. The molecule has 2 atom stereocenters. The van der Waals surface area contributed by atoms with Crippen molar-refractivity contribution in [1.29, 1.82) is 5.26 Å². The minimum Gasteiger partial charge on any atom is -0.494 e. The molecular formula is C24H27NO3. The van der Waals surface area contributed by atoms with Crippen molar-refractivity contribution in [2.45, 2.75) is 46.0 Å². The predicted molar refractivity (Wildman–Crippen MR) is 109 cm³/mol. The molecule has 0 spiro atoms. The maximum absolute atomic E-state index is 12.8. The maximum Gasteiger partial charge on any atom is 0.331 e. The van der Waals surface area contributed by atoms with Crippen LogP contribution < -0.4 is 9.47 Å². The van der Waals surface area contributed by atoms with Crippen molar-refractivity contribution in [3.8, 4) is 28.7 Å². The van der Waals surface area contributed by atoms with E-state index in [0.29, 0.717) is 31.1 Å². The molecular weight excluding hydrogens is 350 g/mol. The van der Waals surface area contributed by atoms with Crippen molar-refractivity contribution in [2.24, 2.45) is 11.3 Å². The van der Waals surface area contributed by atoms with Gasteiger partial charge in [0.1, 0.15) is 11.5 Å². The van der Waals surface area contributed by atoms with Crippen molar-refractivity contribution in [3.05, 3.63) is 48.5 Å². The van der Waals surface area contributed by atoms with Gasteiger partial charge in [0, 0.05) is 0 Å². The molecule has 0 radical (unpaired) electrons. The van der Waals surface area contributed by atoms with E-state index in [1.807, 2.05) is 43.3 Å². The summed E-state index contributed by atoms with van der Waals surface area (Å²) in [6.07, 6.45) is 4.17. The van der Waals surface area contributed by atoms with Crippen LogP contribution >= 0.6 is 0 Å². The molecule has 1 aliphatic carbocycles. The predicted octanol–water partition coefficient (Wildman–Crippen LogP) is 5.77. The molecule has 1 fully saturated rings. The van der Waals surface area contributed by atoms with Gasteiger partial charge in [-0.1, -0.05) is 50.5 Å². The van der Waals surface area contributed by atoms with Crippen LogP contribution in [-0.4, -0.2) is 12.6 Å². The molecule has 28 heavy (non-hydrogen) atoms. The summed E-state index contributed by atoms with van der Waals surface area (Å²) in [5, 5.41) is 9.70. The third kappa shape index (κ3) is 4.36. The molecule has 0 amide bonds. The summed E-state index contributed by atoms with van der Waals surface area (Å²) < 4.78 is 11.1. The molecule has 1 saturated carbocycles. The summed E-state index contributed by atoms with van der Waals surface area (Å²) in [6, 6.07) is 17.6. The highest BCUT2D eigenvalue weighted by Crippen LogP contribution is 2.41. The minimum atomic E-state index is -1.01. The van der Waals surface area contributed by atoms with Gasteiger partial charge in [0.25, 0.3) is 0 Å². The summed E-state index contributed by atoms with van der Waals surface area (Å²) in [7, 11) is 0. The Morgan fingerprint density at radius 3 is 2.21 bits per heavy atom. The molecule has 0 N–H and O–H groups in total. The van der Waals surface area contributed by atoms with Gasteiger partial charge in [0.15, 0.2) is 5.41 Å². The highest BCUT2D eigenvalue weighted by Gasteiger charge is 2.44. The Morgan fingerprint density at radius 2 is 1.68 bits per heavy atom. The molecule has 4 nitrogen and oxygen atoms in total. The van der Waals surface area contributed by atoms with Crippen molar-refractivity contribution >= 4 is 5.97 Å². The molecule has 0 bridgehead atoms. The van der Waals surface area contributed by atoms with Crippen LogP contribution in [0.25, 0.3) is 11.1 Å². The fourth-order valence-electron chi connectivity index (χ4n) is 3.90. The van der Waals surface area contributed by atoms with Gasteiger partial charge < -0.3 is 9.47 Å². The van der Waals surface area contributed by atoms with Gasteiger partial charge in [-0.25, -0.2) is 4.79 Å². The maximum atomic E-state index is 12.8. The van der Waals surface area contributed by atoms with Crippen LogP contribution in [0.2, 0.25) is 0 Å². The number of carbonyl (C=O) groups excluding carboxylic acids is 1. The number of nitriles is 1. The highest BCUT2D eigenvalue weighted by atomic mass is 16.5. The molecule has 2 aromatic rings. The van der Waals surface area contributed by atoms with E-state index in [4.69, 9.17) is 9.47 Å². The molecule has 3 rings (SSSR count). The molecule has 0 heterocycles. The Kier molecular flexibility index (Phi) is 6.36. The van der Waals surface area contributed by atoms with Gasteiger partial charge in [-0.2, -0.15) is 5.26 Å². The number of nitrogens with zero attached hydrogens (tertiary/aromatic N) is 1. The lowest BCUT2D eigenvalue weighted by molar-refractivity contribution is -0.145. The quantitative estimate of drug-likeness (QED) is 0.474. The standard InChI is InChI=1S/C24H27NO3/c1-3-18-6-5-15-24(16-18,17-25)23(26)28-22-13-9-20(10-14-22)19-7-11-21(12-8-19)27-4-2/h7-14,18H,3-6,15-16H2,1-2H3. The van der Waals surface area contributed by atoms with Crippen LogP contribution in [0.1, 0.15) is 46.0 Å². The zero-order valence-electron chi connectivity index (χ0n) is 16.6. The van der Waals surface area contributed by atoms with E-state index in [1.165, 1.54) is 0 Å². The largest absolute Gasteiger partial charge is 0.494 e. The summed E-state index contributed by atoms with van der Waals surface area (Å²) in [5.74, 6) is 1.33. The van der Waals surface area contributed by atoms with Crippen LogP contribution in [0, 0.1) is 22.7 Å². The summed E-state index contributed by atoms with van der Waals surface area (Å²) in [6.45, 7) is 4.71. The highest BCUT2D eigenvalue weighted by molar-refractivity contribution is 5.82. The first-order chi connectivity index (χ1) is 13.6. The SMILES string of the molecule is CCOc1ccc(-c2ccc(OC(=O)C3(C#N)CCCC(CC)C3)cc2)cc1. The van der Waals surface area contributed by atoms with E-state index in [0.717, 1.165) is 36.1 Å². The summed E-state index contributed by atoms with van der Waals surface area (Å²) in [4.78, 5) is 12.8. The number of carbonyl (C=O) groups is 1. The average Bonchev–Trinajstić information content (AvgIpc) is 2.75. The van der Waals surface area contributed by atoms with E-state index in [2.05, 4.69) is 13.0 Å². The van der Waals surface area contributed by atoms with Crippen molar-refractivity contribution in [2.75, 3.05) is 6.61 Å². The van der Waals surface area contributed by atoms with E-state index >= 15 is 0 Å². The molecule has 4 heteroatoms. The third-order valence-corrected chi connectivity index (χ3v) is 5.60. The van der Waals surface area contributed by atoms with E-state index in [1.54, 1.807) is 12.1 Å². The summed E-state index contributed by atoms with van der Waals surface area (Å²) >= 11 is 0. The van der Waals surface area contributed by atoms with Gasteiger partial charge in [0.2, 0.25) is 0 Å². The minimum absolute atomic E-state index is 0.415. The number of benzene rings is 2. The number of ether oxygens (including phenoxy) is 2. The van der Waals surface area contributed by atoms with Crippen molar-refractivity contribution in [1.82, 2.24) is 0 Å². The van der Waals surface area contributed by atoms with Crippen LogP contribution in [0.5, 0.6) is 11.5 Å². The lowest BCUT2D eigenvalue weighted by Crippen LogP contribution is -2.38. The lowest BCUT2D eigenvalue weighted by Gasteiger charge is -2.33. The third-order valence-electron chi connectivity index (χ3n) is 5.60. The Labute approximate surface area is 167 Å². The van der Waals surface area contributed by atoms with Crippen LogP contribution in [-0.2, 0) is 4.79 Å². The van der Waals surface area contributed by atoms with Gasteiger partial charge in [-0.3, -0.25) is 0 Å². The number of hydrogen-bond acceptors (Lipinski definition) is 4. The zero-order chi connectivity index (χ0) is 20.0.